The van der Waals surface area contributed by atoms with Crippen LogP contribution < -0.4 is 0 Å². The number of aliphatic hydroxyl groups is 1. The molecular formula is C12H21F3O. The molecule has 16 heavy (non-hydrogen) atoms. The van der Waals surface area contributed by atoms with E-state index in [1.807, 2.05) is 6.92 Å². The summed E-state index contributed by atoms with van der Waals surface area (Å²) in [6.07, 6.45) is -0.292. The molecule has 1 nitrogen and oxygen atoms in total. The van der Waals surface area contributed by atoms with E-state index < -0.39 is 18.2 Å². The summed E-state index contributed by atoms with van der Waals surface area (Å²) in [6, 6.07) is 0. The molecule has 0 aromatic heterocycles. The lowest BCUT2D eigenvalue weighted by atomic mass is 9.78. The predicted molar refractivity (Wildman–Crippen MR) is 57.0 cm³/mol. The molecule has 0 amide bonds. The van der Waals surface area contributed by atoms with Gasteiger partial charge in [0.25, 0.3) is 0 Å². The summed E-state index contributed by atoms with van der Waals surface area (Å²) in [4.78, 5) is 0. The lowest BCUT2D eigenvalue weighted by molar-refractivity contribution is -0.185. The molecule has 0 radical (unpaired) electrons. The minimum absolute atomic E-state index is 0.0881. The number of hydrogen-bond acceptors (Lipinski definition) is 1. The van der Waals surface area contributed by atoms with Crippen molar-refractivity contribution in [3.63, 3.8) is 0 Å². The van der Waals surface area contributed by atoms with Crippen LogP contribution in [0.1, 0.15) is 51.9 Å². The highest BCUT2D eigenvalue weighted by atomic mass is 19.4. The third kappa shape index (κ3) is 3.96. The Morgan fingerprint density at radius 3 is 2.19 bits per heavy atom. The van der Waals surface area contributed by atoms with Gasteiger partial charge in [-0.2, -0.15) is 13.2 Å². The highest BCUT2D eigenvalue weighted by molar-refractivity contribution is 4.80. The van der Waals surface area contributed by atoms with Gasteiger partial charge < -0.3 is 5.11 Å². The van der Waals surface area contributed by atoms with Gasteiger partial charge in [-0.25, -0.2) is 0 Å². The Morgan fingerprint density at radius 2 is 1.75 bits per heavy atom. The van der Waals surface area contributed by atoms with Crippen LogP contribution >= 0.6 is 0 Å². The van der Waals surface area contributed by atoms with Crippen molar-refractivity contribution in [1.82, 2.24) is 0 Å². The summed E-state index contributed by atoms with van der Waals surface area (Å²) >= 11 is 0. The molecule has 0 aromatic carbocycles. The van der Waals surface area contributed by atoms with E-state index in [1.165, 1.54) is 0 Å². The summed E-state index contributed by atoms with van der Waals surface area (Å²) in [6.45, 7) is 2.05. The number of halogens is 3. The molecule has 1 atom stereocenters. The second-order valence-corrected chi connectivity index (χ2v) is 4.86. The van der Waals surface area contributed by atoms with Crippen LogP contribution in [0.3, 0.4) is 0 Å². The Morgan fingerprint density at radius 1 is 1.19 bits per heavy atom. The van der Waals surface area contributed by atoms with Crippen LogP contribution in [-0.2, 0) is 0 Å². The normalized spacial score (nSPS) is 29.1. The van der Waals surface area contributed by atoms with Crippen LogP contribution in [0.2, 0.25) is 0 Å². The first kappa shape index (κ1) is 13.8. The molecule has 1 aliphatic rings. The first-order chi connectivity index (χ1) is 7.45. The van der Waals surface area contributed by atoms with Crippen molar-refractivity contribution in [2.75, 3.05) is 0 Å². The van der Waals surface area contributed by atoms with Crippen molar-refractivity contribution in [2.24, 2.45) is 11.8 Å². The predicted octanol–water partition coefficient (Wildman–Crippen LogP) is 3.91. The molecule has 0 aromatic rings. The molecular weight excluding hydrogens is 217 g/mol. The van der Waals surface area contributed by atoms with Gasteiger partial charge in [-0.1, -0.05) is 19.8 Å². The van der Waals surface area contributed by atoms with Gasteiger partial charge in [-0.3, -0.25) is 0 Å². The zero-order chi connectivity index (χ0) is 12.2. The van der Waals surface area contributed by atoms with E-state index in [0.717, 1.165) is 19.3 Å². The van der Waals surface area contributed by atoms with Crippen molar-refractivity contribution >= 4 is 0 Å². The van der Waals surface area contributed by atoms with Crippen LogP contribution in [0.4, 0.5) is 13.2 Å². The fourth-order valence-electron chi connectivity index (χ4n) is 2.48. The average molecular weight is 238 g/mol. The van der Waals surface area contributed by atoms with Crippen LogP contribution in [0.25, 0.3) is 0 Å². The summed E-state index contributed by atoms with van der Waals surface area (Å²) in [5.41, 5.74) is 0. The third-order valence-corrected chi connectivity index (χ3v) is 3.63. The zero-order valence-electron chi connectivity index (χ0n) is 9.76. The van der Waals surface area contributed by atoms with Gasteiger partial charge in [0.15, 0.2) is 0 Å². The Kier molecular flexibility index (Phi) is 5.09. The fraction of sp³-hybridized carbons (Fsp3) is 1.00. The van der Waals surface area contributed by atoms with E-state index in [0.29, 0.717) is 12.8 Å². The molecule has 1 aliphatic carbocycles. The zero-order valence-corrected chi connectivity index (χ0v) is 9.76. The molecule has 1 fully saturated rings. The molecule has 4 heteroatoms. The highest BCUT2D eigenvalue weighted by Crippen LogP contribution is 2.40. The van der Waals surface area contributed by atoms with Gasteiger partial charge in [-0.05, 0) is 38.0 Å². The third-order valence-electron chi connectivity index (χ3n) is 3.63. The van der Waals surface area contributed by atoms with E-state index >= 15 is 0 Å². The fourth-order valence-corrected chi connectivity index (χ4v) is 2.48. The molecule has 0 bridgehead atoms. The molecule has 1 N–H and O–H groups in total. The Balaban J connectivity index is 2.31. The quantitative estimate of drug-likeness (QED) is 0.787. The molecule has 1 saturated carbocycles. The maximum atomic E-state index is 12.4. The molecule has 1 rings (SSSR count). The van der Waals surface area contributed by atoms with Crippen LogP contribution in [0.15, 0.2) is 0 Å². The van der Waals surface area contributed by atoms with Gasteiger partial charge in [0.2, 0.25) is 0 Å². The molecule has 0 heterocycles. The standard InChI is InChI=1S/C12H21F3O/c1-2-3-4-11(16)9-5-7-10(8-6-9)12(13,14)15/h9-11,16H,2-8H2,1H3. The van der Waals surface area contributed by atoms with Crippen LogP contribution in [0, 0.1) is 11.8 Å². The summed E-state index contributed by atoms with van der Waals surface area (Å²) < 4.78 is 37.2. The minimum Gasteiger partial charge on any atom is -0.393 e. The SMILES string of the molecule is CCCCC(O)C1CCC(C(F)(F)F)CC1. The number of unbranched alkanes of at least 4 members (excludes halogenated alkanes) is 1. The number of alkyl halides is 3. The van der Waals surface area contributed by atoms with Crippen LogP contribution in [-0.4, -0.2) is 17.4 Å². The van der Waals surface area contributed by atoms with E-state index in [-0.39, 0.29) is 18.8 Å². The lowest BCUT2D eigenvalue weighted by Crippen LogP contribution is -2.31. The van der Waals surface area contributed by atoms with Crippen LogP contribution in [0.5, 0.6) is 0 Å². The van der Waals surface area contributed by atoms with Gasteiger partial charge in [0.1, 0.15) is 0 Å². The Hall–Kier alpha value is -0.250. The Labute approximate surface area is 95.0 Å². The summed E-state index contributed by atoms with van der Waals surface area (Å²) in [5, 5.41) is 9.81. The highest BCUT2D eigenvalue weighted by Gasteiger charge is 2.42. The molecule has 1 unspecified atom stereocenters. The second-order valence-electron chi connectivity index (χ2n) is 4.86. The van der Waals surface area contributed by atoms with Crippen molar-refractivity contribution < 1.29 is 18.3 Å². The smallest absolute Gasteiger partial charge is 0.391 e. The first-order valence-electron chi connectivity index (χ1n) is 6.20. The second kappa shape index (κ2) is 5.89. The number of rotatable bonds is 4. The molecule has 96 valence electrons. The summed E-state index contributed by atoms with van der Waals surface area (Å²) in [7, 11) is 0. The average Bonchev–Trinajstić information content (AvgIpc) is 2.25. The maximum absolute atomic E-state index is 12.4. The number of aliphatic hydroxyl groups excluding tert-OH is 1. The Bertz CT molecular complexity index is 195. The van der Waals surface area contributed by atoms with Gasteiger partial charge in [0, 0.05) is 0 Å². The molecule has 0 spiro atoms. The van der Waals surface area contributed by atoms with Crippen molar-refractivity contribution in [2.45, 2.75) is 64.1 Å². The minimum atomic E-state index is -4.04. The summed E-state index contributed by atoms with van der Waals surface area (Å²) in [5.74, 6) is -1.05. The van der Waals surface area contributed by atoms with Gasteiger partial charge in [-0.15, -0.1) is 0 Å². The van der Waals surface area contributed by atoms with E-state index in [2.05, 4.69) is 0 Å². The van der Waals surface area contributed by atoms with E-state index in [9.17, 15) is 18.3 Å². The molecule has 0 aliphatic heterocycles. The first-order valence-corrected chi connectivity index (χ1v) is 6.20. The van der Waals surface area contributed by atoms with E-state index in [4.69, 9.17) is 0 Å². The number of hydrogen-bond donors (Lipinski definition) is 1. The largest absolute Gasteiger partial charge is 0.393 e. The van der Waals surface area contributed by atoms with Gasteiger partial charge in [0.05, 0.1) is 12.0 Å². The van der Waals surface area contributed by atoms with Crippen molar-refractivity contribution in [1.29, 1.82) is 0 Å². The van der Waals surface area contributed by atoms with Gasteiger partial charge >= 0.3 is 6.18 Å². The van der Waals surface area contributed by atoms with Crippen molar-refractivity contribution in [3.05, 3.63) is 0 Å². The lowest BCUT2D eigenvalue weighted by Gasteiger charge is -2.32. The monoisotopic (exact) mass is 238 g/mol. The maximum Gasteiger partial charge on any atom is 0.391 e. The molecule has 0 saturated heterocycles. The topological polar surface area (TPSA) is 20.2 Å². The van der Waals surface area contributed by atoms with Crippen molar-refractivity contribution in [3.8, 4) is 0 Å². The van der Waals surface area contributed by atoms with E-state index in [1.54, 1.807) is 0 Å².